The molecule has 3 rings (SSSR count). The van der Waals surface area contributed by atoms with Gasteiger partial charge in [0, 0.05) is 42.8 Å². The molecule has 1 N–H and O–H groups in total. The number of halogens is 1. The van der Waals surface area contributed by atoms with Gasteiger partial charge in [-0.2, -0.15) is 0 Å². The molecule has 0 aliphatic carbocycles. The summed E-state index contributed by atoms with van der Waals surface area (Å²) in [7, 11) is 2.13. The lowest BCUT2D eigenvalue weighted by Gasteiger charge is -2.37. The minimum absolute atomic E-state index is 0.0619. The number of benzene rings is 1. The van der Waals surface area contributed by atoms with Crippen molar-refractivity contribution >= 4 is 21.8 Å². The van der Waals surface area contributed by atoms with Crippen LogP contribution in [0.5, 0.6) is 0 Å². The average Bonchev–Trinajstić information content (AvgIpc) is 3.11. The van der Waals surface area contributed by atoms with Crippen LogP contribution in [0.3, 0.4) is 0 Å². The van der Waals surface area contributed by atoms with Crippen molar-refractivity contribution < 1.29 is 9.21 Å². The molecule has 2 heterocycles. The molecule has 0 saturated carbocycles. The molecule has 1 saturated heterocycles. The third-order valence-corrected chi connectivity index (χ3v) is 4.94. The average molecular weight is 392 g/mol. The second-order valence-electron chi connectivity index (χ2n) is 6.09. The van der Waals surface area contributed by atoms with Crippen molar-refractivity contribution in [2.75, 3.05) is 39.8 Å². The van der Waals surface area contributed by atoms with Crippen LogP contribution >= 0.6 is 15.9 Å². The molecular weight excluding hydrogens is 370 g/mol. The lowest BCUT2D eigenvalue weighted by atomic mass is 10.1. The first-order valence-corrected chi connectivity index (χ1v) is 8.92. The SMILES string of the molecule is CN1CCN(C(CNC(=O)c2ccc(Br)cc2)c2ccco2)CC1. The van der Waals surface area contributed by atoms with Gasteiger partial charge in [-0.15, -0.1) is 0 Å². The van der Waals surface area contributed by atoms with Crippen LogP contribution in [0.2, 0.25) is 0 Å². The Kier molecular flexibility index (Phi) is 5.71. The Balaban J connectivity index is 1.66. The molecule has 0 spiro atoms. The van der Waals surface area contributed by atoms with Gasteiger partial charge in [-0.25, -0.2) is 0 Å². The molecule has 1 amide bonds. The van der Waals surface area contributed by atoms with Gasteiger partial charge in [0.25, 0.3) is 5.91 Å². The zero-order valence-electron chi connectivity index (χ0n) is 13.7. The molecule has 6 heteroatoms. The van der Waals surface area contributed by atoms with Gasteiger partial charge in [-0.3, -0.25) is 9.69 Å². The number of hydrogen-bond donors (Lipinski definition) is 1. The van der Waals surface area contributed by atoms with Crippen molar-refractivity contribution in [3.63, 3.8) is 0 Å². The summed E-state index contributed by atoms with van der Waals surface area (Å²) in [6.07, 6.45) is 1.69. The maximum Gasteiger partial charge on any atom is 0.251 e. The normalized spacial score (nSPS) is 17.6. The molecule has 1 unspecified atom stereocenters. The fourth-order valence-corrected chi connectivity index (χ4v) is 3.18. The van der Waals surface area contributed by atoms with E-state index in [1.807, 2.05) is 36.4 Å². The molecule has 1 aliphatic rings. The van der Waals surface area contributed by atoms with Crippen LogP contribution in [0.1, 0.15) is 22.2 Å². The maximum atomic E-state index is 12.4. The fraction of sp³-hybridized carbons (Fsp3) is 0.389. The Morgan fingerprint density at radius 3 is 2.54 bits per heavy atom. The number of hydrogen-bond acceptors (Lipinski definition) is 4. The van der Waals surface area contributed by atoms with E-state index in [2.05, 4.69) is 38.1 Å². The van der Waals surface area contributed by atoms with Gasteiger partial charge in [0.15, 0.2) is 0 Å². The summed E-state index contributed by atoms with van der Waals surface area (Å²) in [5.41, 5.74) is 0.662. The minimum Gasteiger partial charge on any atom is -0.468 e. The molecule has 2 aromatic rings. The lowest BCUT2D eigenvalue weighted by molar-refractivity contribution is 0.0851. The van der Waals surface area contributed by atoms with Gasteiger partial charge in [-0.1, -0.05) is 15.9 Å². The summed E-state index contributed by atoms with van der Waals surface area (Å²) in [6, 6.07) is 11.3. The second kappa shape index (κ2) is 7.96. The first-order chi connectivity index (χ1) is 11.6. The first-order valence-electron chi connectivity index (χ1n) is 8.13. The van der Waals surface area contributed by atoms with Crippen molar-refractivity contribution in [2.45, 2.75) is 6.04 Å². The number of nitrogens with one attached hydrogen (secondary N) is 1. The van der Waals surface area contributed by atoms with Crippen molar-refractivity contribution in [3.05, 3.63) is 58.5 Å². The molecule has 1 fully saturated rings. The van der Waals surface area contributed by atoms with Crippen molar-refractivity contribution in [1.82, 2.24) is 15.1 Å². The number of rotatable bonds is 5. The molecular formula is C18H22BrN3O2. The standard InChI is InChI=1S/C18H22BrN3O2/c1-21-8-10-22(11-9-21)16(17-3-2-12-24-17)13-20-18(23)14-4-6-15(19)7-5-14/h2-7,12,16H,8-11,13H2,1H3,(H,20,23). The maximum absolute atomic E-state index is 12.4. The Labute approximate surface area is 150 Å². The summed E-state index contributed by atoms with van der Waals surface area (Å²) < 4.78 is 6.58. The zero-order valence-corrected chi connectivity index (χ0v) is 15.3. The topological polar surface area (TPSA) is 48.7 Å². The highest BCUT2D eigenvalue weighted by atomic mass is 79.9. The van der Waals surface area contributed by atoms with E-state index in [0.717, 1.165) is 36.4 Å². The van der Waals surface area contributed by atoms with Gasteiger partial charge in [0.2, 0.25) is 0 Å². The van der Waals surface area contributed by atoms with E-state index < -0.39 is 0 Å². The number of carbonyl (C=O) groups excluding carboxylic acids is 1. The number of amides is 1. The quantitative estimate of drug-likeness (QED) is 0.850. The van der Waals surface area contributed by atoms with Crippen LogP contribution in [-0.4, -0.2) is 55.5 Å². The highest BCUT2D eigenvalue weighted by Crippen LogP contribution is 2.22. The molecule has 1 aromatic heterocycles. The largest absolute Gasteiger partial charge is 0.468 e. The predicted octanol–water partition coefficient (Wildman–Crippen LogP) is 2.76. The van der Waals surface area contributed by atoms with Crippen LogP contribution in [-0.2, 0) is 0 Å². The Hall–Kier alpha value is -1.63. The first kappa shape index (κ1) is 17.2. The summed E-state index contributed by atoms with van der Waals surface area (Å²) >= 11 is 3.39. The van der Waals surface area contributed by atoms with Crippen molar-refractivity contribution in [2.24, 2.45) is 0 Å². The van der Waals surface area contributed by atoms with Crippen LogP contribution in [0, 0.1) is 0 Å². The smallest absolute Gasteiger partial charge is 0.251 e. The van der Waals surface area contributed by atoms with E-state index in [1.165, 1.54) is 0 Å². The third kappa shape index (κ3) is 4.26. The lowest BCUT2D eigenvalue weighted by Crippen LogP contribution is -2.48. The Bertz CT molecular complexity index is 649. The summed E-state index contributed by atoms with van der Waals surface area (Å²) in [6.45, 7) is 4.52. The van der Waals surface area contributed by atoms with Crippen LogP contribution in [0.4, 0.5) is 0 Å². The minimum atomic E-state index is -0.0619. The predicted molar refractivity (Wildman–Crippen MR) is 97.0 cm³/mol. The van der Waals surface area contributed by atoms with Gasteiger partial charge in [0.1, 0.15) is 5.76 Å². The summed E-state index contributed by atoms with van der Waals surface area (Å²) in [5, 5.41) is 3.05. The number of furan rings is 1. The highest BCUT2D eigenvalue weighted by Gasteiger charge is 2.26. The van der Waals surface area contributed by atoms with Crippen molar-refractivity contribution in [1.29, 1.82) is 0 Å². The van der Waals surface area contributed by atoms with Crippen LogP contribution in [0.15, 0.2) is 51.6 Å². The van der Waals surface area contributed by atoms with E-state index in [0.29, 0.717) is 12.1 Å². The van der Waals surface area contributed by atoms with Gasteiger partial charge < -0.3 is 14.6 Å². The Morgan fingerprint density at radius 2 is 1.92 bits per heavy atom. The fourth-order valence-electron chi connectivity index (χ4n) is 2.92. The van der Waals surface area contributed by atoms with E-state index in [-0.39, 0.29) is 11.9 Å². The van der Waals surface area contributed by atoms with Crippen LogP contribution < -0.4 is 5.32 Å². The van der Waals surface area contributed by atoms with Gasteiger partial charge in [-0.05, 0) is 43.4 Å². The number of carbonyl (C=O) groups is 1. The Morgan fingerprint density at radius 1 is 1.21 bits per heavy atom. The zero-order chi connectivity index (χ0) is 16.9. The molecule has 24 heavy (non-hydrogen) atoms. The molecule has 0 radical (unpaired) electrons. The second-order valence-corrected chi connectivity index (χ2v) is 7.00. The number of likely N-dealkylation sites (N-methyl/N-ethyl adjacent to an activating group) is 1. The van der Waals surface area contributed by atoms with Crippen molar-refractivity contribution in [3.8, 4) is 0 Å². The van der Waals surface area contributed by atoms with Crippen LogP contribution in [0.25, 0.3) is 0 Å². The number of piperazine rings is 1. The third-order valence-electron chi connectivity index (χ3n) is 4.41. The van der Waals surface area contributed by atoms with E-state index in [4.69, 9.17) is 4.42 Å². The molecule has 0 bridgehead atoms. The van der Waals surface area contributed by atoms with E-state index in [1.54, 1.807) is 6.26 Å². The highest BCUT2D eigenvalue weighted by molar-refractivity contribution is 9.10. The molecule has 128 valence electrons. The number of nitrogens with zero attached hydrogens (tertiary/aromatic N) is 2. The molecule has 1 atom stereocenters. The summed E-state index contributed by atoms with van der Waals surface area (Å²) in [4.78, 5) is 17.1. The van der Waals surface area contributed by atoms with E-state index >= 15 is 0 Å². The molecule has 5 nitrogen and oxygen atoms in total. The van der Waals surface area contributed by atoms with E-state index in [9.17, 15) is 4.79 Å². The van der Waals surface area contributed by atoms with Gasteiger partial charge in [0.05, 0.1) is 12.3 Å². The summed E-state index contributed by atoms with van der Waals surface area (Å²) in [5.74, 6) is 0.837. The molecule has 1 aliphatic heterocycles. The van der Waals surface area contributed by atoms with Gasteiger partial charge >= 0.3 is 0 Å². The molecule has 1 aromatic carbocycles. The monoisotopic (exact) mass is 391 g/mol.